The molecule has 0 radical (unpaired) electrons. The molecule has 4 rings (SSSR count). The van der Waals surface area contributed by atoms with Crippen molar-refractivity contribution >= 4 is 0 Å². The van der Waals surface area contributed by atoms with Gasteiger partial charge in [0.25, 0.3) is 0 Å². The monoisotopic (exact) mass is 278 g/mol. The van der Waals surface area contributed by atoms with Crippen LogP contribution in [-0.2, 0) is 0 Å². The summed E-state index contributed by atoms with van der Waals surface area (Å²) in [6.07, 6.45) is 11.8. The van der Waals surface area contributed by atoms with Gasteiger partial charge in [-0.3, -0.25) is 0 Å². The fourth-order valence-electron chi connectivity index (χ4n) is 7.13. The molecule has 4 atom stereocenters. The van der Waals surface area contributed by atoms with Gasteiger partial charge in [-0.15, -0.1) is 0 Å². The van der Waals surface area contributed by atoms with E-state index < -0.39 is 0 Å². The highest BCUT2D eigenvalue weighted by Gasteiger charge is 2.60. The van der Waals surface area contributed by atoms with Gasteiger partial charge < -0.3 is 5.11 Å². The maximum absolute atomic E-state index is 10.6. The van der Waals surface area contributed by atoms with Gasteiger partial charge in [0.15, 0.2) is 0 Å². The predicted octanol–water partition coefficient (Wildman–Crippen LogP) is 5.17. The highest BCUT2D eigenvalue weighted by atomic mass is 16.3. The van der Waals surface area contributed by atoms with E-state index in [2.05, 4.69) is 27.7 Å². The van der Waals surface area contributed by atoms with E-state index in [1.807, 2.05) is 0 Å². The minimum atomic E-state index is -0.0617. The Balaban J connectivity index is 1.72. The molecule has 20 heavy (non-hydrogen) atoms. The van der Waals surface area contributed by atoms with Gasteiger partial charge in [-0.05, 0) is 79.4 Å². The van der Waals surface area contributed by atoms with Crippen molar-refractivity contribution in [1.82, 2.24) is 0 Å². The van der Waals surface area contributed by atoms with Crippen molar-refractivity contribution in [3.05, 3.63) is 0 Å². The molecule has 4 aliphatic carbocycles. The highest BCUT2D eigenvalue weighted by Crippen LogP contribution is 2.70. The van der Waals surface area contributed by atoms with Crippen LogP contribution in [-0.4, -0.2) is 11.2 Å². The van der Waals surface area contributed by atoms with Crippen LogP contribution >= 0.6 is 0 Å². The Bertz CT molecular complexity index is 356. The third kappa shape index (κ3) is 2.67. The fraction of sp³-hybridized carbons (Fsp3) is 1.00. The molecule has 0 aliphatic heterocycles. The zero-order valence-electron chi connectivity index (χ0n) is 14.0. The Labute approximate surface area is 125 Å². The van der Waals surface area contributed by atoms with Crippen LogP contribution in [0.3, 0.4) is 0 Å². The first-order valence-electron chi connectivity index (χ1n) is 8.94. The molecule has 0 heterocycles. The molecule has 4 bridgehead atoms. The molecule has 1 heteroatoms. The van der Waals surface area contributed by atoms with Crippen LogP contribution in [0.25, 0.3) is 0 Å². The van der Waals surface area contributed by atoms with Crippen LogP contribution in [0, 0.1) is 28.1 Å². The summed E-state index contributed by atoms with van der Waals surface area (Å²) in [5, 5.41) is 10.6. The third-order valence-electron chi connectivity index (χ3n) is 6.78. The van der Waals surface area contributed by atoms with Gasteiger partial charge in [0.1, 0.15) is 0 Å². The highest BCUT2D eigenvalue weighted by molar-refractivity contribution is 5.10. The zero-order chi connectivity index (χ0) is 14.6. The minimum Gasteiger partial charge on any atom is -0.393 e. The van der Waals surface area contributed by atoms with E-state index >= 15 is 0 Å². The average Bonchev–Trinajstić information content (AvgIpc) is 2.22. The molecule has 0 aromatic rings. The van der Waals surface area contributed by atoms with Gasteiger partial charge in [0, 0.05) is 0 Å². The second-order valence-corrected chi connectivity index (χ2v) is 9.74. The SMILES string of the molecule is CCC(C)CC(O)CC12CC3CC(C)(CC(C)(C3)C1)C2. The topological polar surface area (TPSA) is 20.2 Å². The standard InChI is InChI=1S/C19H34O/c1-5-14(2)6-16(20)10-19-9-15-7-17(3,12-19)11-18(4,8-15)13-19/h14-16,20H,5-13H2,1-4H3. The Hall–Kier alpha value is -0.0400. The van der Waals surface area contributed by atoms with Gasteiger partial charge >= 0.3 is 0 Å². The van der Waals surface area contributed by atoms with Gasteiger partial charge in [0.2, 0.25) is 0 Å². The lowest BCUT2D eigenvalue weighted by molar-refractivity contribution is -0.157. The van der Waals surface area contributed by atoms with Crippen LogP contribution in [0.4, 0.5) is 0 Å². The normalized spacial score (nSPS) is 49.4. The van der Waals surface area contributed by atoms with E-state index in [9.17, 15) is 5.11 Å². The summed E-state index contributed by atoms with van der Waals surface area (Å²) in [5.41, 5.74) is 1.66. The first-order valence-corrected chi connectivity index (χ1v) is 8.94. The summed E-state index contributed by atoms with van der Waals surface area (Å²) in [6.45, 7) is 9.59. The molecule has 116 valence electrons. The summed E-state index contributed by atoms with van der Waals surface area (Å²) in [5.74, 6) is 1.63. The van der Waals surface area contributed by atoms with E-state index in [4.69, 9.17) is 0 Å². The van der Waals surface area contributed by atoms with E-state index in [1.54, 1.807) is 0 Å². The molecule has 0 spiro atoms. The molecular formula is C19H34O. The second-order valence-electron chi connectivity index (χ2n) is 9.74. The molecule has 0 aromatic carbocycles. The summed E-state index contributed by atoms with van der Waals surface area (Å²) in [7, 11) is 0. The largest absolute Gasteiger partial charge is 0.393 e. The molecule has 1 nitrogen and oxygen atoms in total. The zero-order valence-corrected chi connectivity index (χ0v) is 14.0. The number of hydrogen-bond donors (Lipinski definition) is 1. The third-order valence-corrected chi connectivity index (χ3v) is 6.78. The van der Waals surface area contributed by atoms with E-state index in [-0.39, 0.29) is 6.10 Å². The van der Waals surface area contributed by atoms with E-state index in [0.29, 0.717) is 22.2 Å². The maximum atomic E-state index is 10.6. The Morgan fingerprint density at radius 3 is 2.15 bits per heavy atom. The van der Waals surface area contributed by atoms with Crippen LogP contribution in [0.5, 0.6) is 0 Å². The number of aliphatic hydroxyl groups is 1. The van der Waals surface area contributed by atoms with Crippen molar-refractivity contribution < 1.29 is 5.11 Å². The fourth-order valence-corrected chi connectivity index (χ4v) is 7.13. The van der Waals surface area contributed by atoms with Crippen molar-refractivity contribution in [1.29, 1.82) is 0 Å². The smallest absolute Gasteiger partial charge is 0.0548 e. The van der Waals surface area contributed by atoms with Crippen LogP contribution < -0.4 is 0 Å². The lowest BCUT2D eigenvalue weighted by atomic mass is 9.39. The van der Waals surface area contributed by atoms with Crippen molar-refractivity contribution in [2.24, 2.45) is 28.1 Å². The van der Waals surface area contributed by atoms with Crippen LogP contribution in [0.2, 0.25) is 0 Å². The van der Waals surface area contributed by atoms with Crippen LogP contribution in [0.1, 0.15) is 85.5 Å². The molecule has 0 saturated heterocycles. The lowest BCUT2D eigenvalue weighted by Gasteiger charge is -2.66. The number of hydrogen-bond acceptors (Lipinski definition) is 1. The summed E-state index contributed by atoms with van der Waals surface area (Å²) in [4.78, 5) is 0. The van der Waals surface area contributed by atoms with Crippen molar-refractivity contribution in [2.75, 3.05) is 0 Å². The summed E-state index contributed by atoms with van der Waals surface area (Å²) >= 11 is 0. The predicted molar refractivity (Wildman–Crippen MR) is 84.5 cm³/mol. The molecule has 1 N–H and O–H groups in total. The molecular weight excluding hydrogens is 244 g/mol. The van der Waals surface area contributed by atoms with Gasteiger partial charge in [0.05, 0.1) is 6.10 Å². The van der Waals surface area contributed by atoms with Gasteiger partial charge in [-0.25, -0.2) is 0 Å². The van der Waals surface area contributed by atoms with Crippen molar-refractivity contribution in [3.63, 3.8) is 0 Å². The first kappa shape index (κ1) is 14.9. The van der Waals surface area contributed by atoms with Gasteiger partial charge in [-0.2, -0.15) is 0 Å². The van der Waals surface area contributed by atoms with Crippen LogP contribution in [0.15, 0.2) is 0 Å². The molecule has 4 saturated carbocycles. The molecule has 4 aliphatic rings. The number of aliphatic hydroxyl groups excluding tert-OH is 1. The Morgan fingerprint density at radius 1 is 1.05 bits per heavy atom. The molecule has 4 fully saturated rings. The Kier molecular flexibility index (Phi) is 3.52. The summed E-state index contributed by atoms with van der Waals surface area (Å²) < 4.78 is 0. The quantitative estimate of drug-likeness (QED) is 0.735. The molecule has 4 unspecified atom stereocenters. The second kappa shape index (κ2) is 4.73. The Morgan fingerprint density at radius 2 is 1.65 bits per heavy atom. The van der Waals surface area contributed by atoms with Gasteiger partial charge in [-0.1, -0.05) is 34.1 Å². The van der Waals surface area contributed by atoms with E-state index in [0.717, 1.165) is 18.8 Å². The first-order chi connectivity index (χ1) is 9.26. The van der Waals surface area contributed by atoms with E-state index in [1.165, 1.54) is 44.9 Å². The average molecular weight is 278 g/mol. The summed E-state index contributed by atoms with van der Waals surface area (Å²) in [6, 6.07) is 0. The minimum absolute atomic E-state index is 0.0617. The maximum Gasteiger partial charge on any atom is 0.0548 e. The molecule has 0 amide bonds. The van der Waals surface area contributed by atoms with Crippen molar-refractivity contribution in [3.8, 4) is 0 Å². The molecule has 0 aromatic heterocycles. The number of rotatable bonds is 5. The van der Waals surface area contributed by atoms with Crippen molar-refractivity contribution in [2.45, 2.75) is 91.6 Å². The lowest BCUT2D eigenvalue weighted by Crippen LogP contribution is -2.55.